The van der Waals surface area contributed by atoms with Gasteiger partial charge in [0.2, 0.25) is 5.13 Å². The van der Waals surface area contributed by atoms with Crippen molar-refractivity contribution in [2.45, 2.75) is 32.2 Å². The minimum Gasteiger partial charge on any atom is -0.356 e. The molecule has 0 spiro atoms. The summed E-state index contributed by atoms with van der Waals surface area (Å²) in [5, 5.41) is 4.27. The molecule has 0 bridgehead atoms. The van der Waals surface area contributed by atoms with Crippen LogP contribution < -0.4 is 5.32 Å². The van der Waals surface area contributed by atoms with E-state index in [0.717, 1.165) is 17.5 Å². The van der Waals surface area contributed by atoms with Gasteiger partial charge in [-0.05, 0) is 25.3 Å². The minimum absolute atomic E-state index is 0.640. The molecule has 1 aromatic heterocycles. The minimum atomic E-state index is 0.640. The van der Waals surface area contributed by atoms with Gasteiger partial charge in [0.15, 0.2) is 0 Å². The Kier molecular flexibility index (Phi) is 2.81. The van der Waals surface area contributed by atoms with Crippen molar-refractivity contribution in [3.63, 3.8) is 0 Å². The number of aromatic nitrogens is 2. The Hall–Kier alpha value is -1.42. The van der Waals surface area contributed by atoms with Gasteiger partial charge in [0.05, 0.1) is 0 Å². The van der Waals surface area contributed by atoms with Gasteiger partial charge in [-0.1, -0.05) is 29.8 Å². The molecule has 2 aromatic rings. The molecule has 0 unspecified atom stereocenters. The van der Waals surface area contributed by atoms with Crippen LogP contribution in [0, 0.1) is 6.92 Å². The molecule has 88 valence electrons. The lowest BCUT2D eigenvalue weighted by Gasteiger charge is -2.02. The van der Waals surface area contributed by atoms with Crippen LogP contribution in [-0.2, 0) is 6.54 Å². The number of rotatable bonds is 4. The van der Waals surface area contributed by atoms with E-state index in [0.29, 0.717) is 5.92 Å². The van der Waals surface area contributed by atoms with Crippen molar-refractivity contribution in [1.82, 2.24) is 9.36 Å². The number of hydrogen-bond donors (Lipinski definition) is 1. The van der Waals surface area contributed by atoms with E-state index in [2.05, 4.69) is 45.9 Å². The summed E-state index contributed by atoms with van der Waals surface area (Å²) >= 11 is 1.47. The van der Waals surface area contributed by atoms with Gasteiger partial charge in [-0.3, -0.25) is 0 Å². The van der Waals surface area contributed by atoms with E-state index in [9.17, 15) is 0 Å². The second kappa shape index (κ2) is 4.45. The largest absolute Gasteiger partial charge is 0.356 e. The summed E-state index contributed by atoms with van der Waals surface area (Å²) in [5.41, 5.74) is 2.57. The molecule has 1 heterocycles. The summed E-state index contributed by atoms with van der Waals surface area (Å²) < 4.78 is 4.37. The number of nitrogens with zero attached hydrogens (tertiary/aromatic N) is 2. The second-order valence-electron chi connectivity index (χ2n) is 4.57. The number of anilines is 1. The first-order valence-corrected chi connectivity index (χ1v) is 6.71. The van der Waals surface area contributed by atoms with Crippen LogP contribution in [0.3, 0.4) is 0 Å². The Balaban J connectivity index is 1.60. The molecule has 1 aliphatic rings. The molecule has 17 heavy (non-hydrogen) atoms. The highest BCUT2D eigenvalue weighted by atomic mass is 32.1. The molecule has 1 aliphatic carbocycles. The third-order valence-corrected chi connectivity index (χ3v) is 3.64. The van der Waals surface area contributed by atoms with Crippen molar-refractivity contribution in [3.8, 4) is 0 Å². The lowest BCUT2D eigenvalue weighted by molar-refractivity contribution is 0.980. The first-order chi connectivity index (χ1) is 8.31. The Morgan fingerprint density at radius 2 is 2.06 bits per heavy atom. The third-order valence-electron chi connectivity index (χ3n) is 2.95. The standard InChI is InChI=1S/C13H15N3S/c1-9-2-4-10(5-3-9)8-14-13-15-12(16-17-13)11-6-7-11/h2-5,11H,6-8H2,1H3,(H,14,15,16). The topological polar surface area (TPSA) is 37.8 Å². The van der Waals surface area contributed by atoms with E-state index in [4.69, 9.17) is 0 Å². The Bertz CT molecular complexity index is 500. The van der Waals surface area contributed by atoms with E-state index in [1.54, 1.807) is 0 Å². The van der Waals surface area contributed by atoms with Crippen molar-refractivity contribution in [3.05, 3.63) is 41.2 Å². The summed E-state index contributed by atoms with van der Waals surface area (Å²) in [6.07, 6.45) is 2.52. The van der Waals surface area contributed by atoms with Crippen LogP contribution in [-0.4, -0.2) is 9.36 Å². The lowest BCUT2D eigenvalue weighted by Crippen LogP contribution is -1.98. The van der Waals surface area contributed by atoms with Gasteiger partial charge >= 0.3 is 0 Å². The molecular formula is C13H15N3S. The third kappa shape index (κ3) is 2.64. The molecule has 0 atom stereocenters. The summed E-state index contributed by atoms with van der Waals surface area (Å²) in [6.45, 7) is 2.92. The Morgan fingerprint density at radius 3 is 2.76 bits per heavy atom. The van der Waals surface area contributed by atoms with Gasteiger partial charge in [0.25, 0.3) is 0 Å². The highest BCUT2D eigenvalue weighted by molar-refractivity contribution is 7.09. The average molecular weight is 245 g/mol. The quantitative estimate of drug-likeness (QED) is 0.897. The highest BCUT2D eigenvalue weighted by Gasteiger charge is 2.27. The van der Waals surface area contributed by atoms with Crippen molar-refractivity contribution in [2.24, 2.45) is 0 Å². The van der Waals surface area contributed by atoms with E-state index in [-0.39, 0.29) is 0 Å². The predicted octanol–water partition coefficient (Wildman–Crippen LogP) is 3.34. The predicted molar refractivity (Wildman–Crippen MR) is 70.4 cm³/mol. The molecule has 1 aromatic carbocycles. The molecule has 0 aliphatic heterocycles. The van der Waals surface area contributed by atoms with E-state index in [1.165, 1.54) is 35.5 Å². The smallest absolute Gasteiger partial charge is 0.202 e. The number of nitrogens with one attached hydrogen (secondary N) is 1. The molecule has 0 radical (unpaired) electrons. The van der Waals surface area contributed by atoms with Crippen LogP contribution in [0.5, 0.6) is 0 Å². The van der Waals surface area contributed by atoms with Gasteiger partial charge in [-0.15, -0.1) is 0 Å². The van der Waals surface area contributed by atoms with Crippen molar-refractivity contribution in [1.29, 1.82) is 0 Å². The van der Waals surface area contributed by atoms with Crippen LogP contribution in [0.4, 0.5) is 5.13 Å². The maximum absolute atomic E-state index is 4.50. The van der Waals surface area contributed by atoms with Gasteiger partial charge in [-0.2, -0.15) is 4.37 Å². The first-order valence-electron chi connectivity index (χ1n) is 5.94. The van der Waals surface area contributed by atoms with E-state index >= 15 is 0 Å². The van der Waals surface area contributed by atoms with Crippen LogP contribution in [0.2, 0.25) is 0 Å². The Labute approximate surface area is 105 Å². The molecule has 1 fully saturated rings. The fourth-order valence-corrected chi connectivity index (χ4v) is 2.34. The van der Waals surface area contributed by atoms with Crippen molar-refractivity contribution < 1.29 is 0 Å². The van der Waals surface area contributed by atoms with Crippen LogP contribution in [0.1, 0.15) is 35.7 Å². The molecule has 4 heteroatoms. The van der Waals surface area contributed by atoms with E-state index < -0.39 is 0 Å². The van der Waals surface area contributed by atoms with Gasteiger partial charge in [0.1, 0.15) is 5.82 Å². The summed E-state index contributed by atoms with van der Waals surface area (Å²) in [5.74, 6) is 1.67. The molecule has 0 saturated heterocycles. The number of hydrogen-bond acceptors (Lipinski definition) is 4. The Morgan fingerprint density at radius 1 is 1.29 bits per heavy atom. The second-order valence-corrected chi connectivity index (χ2v) is 5.32. The zero-order chi connectivity index (χ0) is 11.7. The summed E-state index contributed by atoms with van der Waals surface area (Å²) in [6, 6.07) is 8.55. The molecule has 3 rings (SSSR count). The fraction of sp³-hybridized carbons (Fsp3) is 0.385. The highest BCUT2D eigenvalue weighted by Crippen LogP contribution is 2.39. The SMILES string of the molecule is Cc1ccc(CNc2nc(C3CC3)ns2)cc1. The normalized spacial score (nSPS) is 14.9. The van der Waals surface area contributed by atoms with Crippen LogP contribution in [0.25, 0.3) is 0 Å². The zero-order valence-electron chi connectivity index (χ0n) is 9.81. The van der Waals surface area contributed by atoms with E-state index in [1.807, 2.05) is 0 Å². The number of aryl methyl sites for hydroxylation is 1. The first kappa shape index (κ1) is 10.7. The van der Waals surface area contributed by atoms with Gasteiger partial charge in [0, 0.05) is 24.0 Å². The monoisotopic (exact) mass is 245 g/mol. The summed E-state index contributed by atoms with van der Waals surface area (Å²) in [7, 11) is 0. The average Bonchev–Trinajstić information content (AvgIpc) is 3.09. The molecule has 1 N–H and O–H groups in total. The van der Waals surface area contributed by atoms with Crippen molar-refractivity contribution >= 4 is 16.7 Å². The van der Waals surface area contributed by atoms with Gasteiger partial charge in [-0.25, -0.2) is 4.98 Å². The lowest BCUT2D eigenvalue weighted by atomic mass is 10.1. The molecule has 0 amide bonds. The van der Waals surface area contributed by atoms with Crippen molar-refractivity contribution in [2.75, 3.05) is 5.32 Å². The molecule has 3 nitrogen and oxygen atoms in total. The zero-order valence-corrected chi connectivity index (χ0v) is 10.6. The van der Waals surface area contributed by atoms with Crippen LogP contribution in [0.15, 0.2) is 24.3 Å². The van der Waals surface area contributed by atoms with Gasteiger partial charge < -0.3 is 5.32 Å². The molecular weight excluding hydrogens is 230 g/mol. The fourth-order valence-electron chi connectivity index (χ4n) is 1.70. The maximum atomic E-state index is 4.50. The maximum Gasteiger partial charge on any atom is 0.202 e. The number of benzene rings is 1. The molecule has 1 saturated carbocycles. The summed E-state index contributed by atoms with van der Waals surface area (Å²) in [4.78, 5) is 4.50. The van der Waals surface area contributed by atoms with Crippen LogP contribution >= 0.6 is 11.5 Å².